The lowest BCUT2D eigenvalue weighted by atomic mass is 10.2. The number of hydrogen-bond acceptors (Lipinski definition) is 4. The van der Waals surface area contributed by atoms with Crippen LogP contribution in [0.25, 0.3) is 0 Å². The maximum absolute atomic E-state index is 12.6. The summed E-state index contributed by atoms with van der Waals surface area (Å²) in [5.41, 5.74) is 1.04. The van der Waals surface area contributed by atoms with Crippen molar-refractivity contribution in [2.45, 2.75) is 12.7 Å². The number of amides is 1. The molecule has 5 nitrogen and oxygen atoms in total. The molecule has 2 N–H and O–H groups in total. The minimum Gasteiger partial charge on any atom is -0.348 e. The molecule has 138 valence electrons. The van der Waals surface area contributed by atoms with Gasteiger partial charge in [-0.05, 0) is 54.1 Å². The van der Waals surface area contributed by atoms with Crippen molar-refractivity contribution in [3.63, 3.8) is 0 Å². The second-order valence-corrected chi connectivity index (χ2v) is 5.67. The molecule has 8 heteroatoms. The normalized spacial score (nSPS) is 11.1. The Hall–Kier alpha value is -3.42. The van der Waals surface area contributed by atoms with E-state index in [0.29, 0.717) is 23.6 Å². The zero-order valence-electron chi connectivity index (χ0n) is 14.0. The number of rotatable bonds is 5. The van der Waals surface area contributed by atoms with Gasteiger partial charge in [0, 0.05) is 30.8 Å². The van der Waals surface area contributed by atoms with Gasteiger partial charge in [0.25, 0.3) is 5.91 Å². The topological polar surface area (TPSA) is 66.9 Å². The summed E-state index contributed by atoms with van der Waals surface area (Å²) in [4.78, 5) is 20.1. The van der Waals surface area contributed by atoms with Crippen molar-refractivity contribution in [3.05, 3.63) is 83.8 Å². The first kappa shape index (κ1) is 18.4. The molecule has 3 aromatic rings. The zero-order valence-corrected chi connectivity index (χ0v) is 14.0. The minimum atomic E-state index is -4.37. The van der Waals surface area contributed by atoms with Gasteiger partial charge in [-0.15, -0.1) is 0 Å². The molecule has 2 aromatic heterocycles. The molecule has 0 fully saturated rings. The third-order valence-corrected chi connectivity index (χ3v) is 3.71. The lowest BCUT2D eigenvalue weighted by molar-refractivity contribution is -0.137. The lowest BCUT2D eigenvalue weighted by Gasteiger charge is -2.09. The average Bonchev–Trinajstić information content (AvgIpc) is 2.67. The second kappa shape index (κ2) is 7.86. The number of halogens is 3. The van der Waals surface area contributed by atoms with Crippen LogP contribution in [0.4, 0.5) is 24.7 Å². The summed E-state index contributed by atoms with van der Waals surface area (Å²) in [5, 5.41) is 5.66. The fourth-order valence-electron chi connectivity index (χ4n) is 2.28. The Morgan fingerprint density at radius 1 is 0.963 bits per heavy atom. The van der Waals surface area contributed by atoms with E-state index < -0.39 is 11.7 Å². The molecule has 27 heavy (non-hydrogen) atoms. The standard InChI is InChI=1S/C19H15F3N4O/c20-19(21,22)15-2-4-16(5-3-15)26-17-6-1-14(12-24-17)18(27)25-11-13-7-9-23-10-8-13/h1-10,12H,11H2,(H,24,26)(H,25,27). The highest BCUT2D eigenvalue weighted by atomic mass is 19.4. The number of anilines is 2. The number of hydrogen-bond donors (Lipinski definition) is 2. The van der Waals surface area contributed by atoms with Crippen LogP contribution in [-0.2, 0) is 12.7 Å². The summed E-state index contributed by atoms with van der Waals surface area (Å²) in [6.07, 6.45) is 0.311. The molecule has 0 aliphatic carbocycles. The number of aromatic nitrogens is 2. The molecule has 0 spiro atoms. The second-order valence-electron chi connectivity index (χ2n) is 5.67. The number of benzene rings is 1. The average molecular weight is 372 g/mol. The minimum absolute atomic E-state index is 0.277. The molecule has 0 atom stereocenters. The summed E-state index contributed by atoms with van der Waals surface area (Å²) in [7, 11) is 0. The number of pyridine rings is 2. The fraction of sp³-hybridized carbons (Fsp3) is 0.105. The predicted molar refractivity (Wildman–Crippen MR) is 94.4 cm³/mol. The smallest absolute Gasteiger partial charge is 0.348 e. The number of alkyl halides is 3. The Kier molecular flexibility index (Phi) is 5.35. The van der Waals surface area contributed by atoms with Gasteiger partial charge in [0.15, 0.2) is 0 Å². The highest BCUT2D eigenvalue weighted by Gasteiger charge is 2.29. The van der Waals surface area contributed by atoms with Crippen LogP contribution in [0.1, 0.15) is 21.5 Å². The van der Waals surface area contributed by atoms with Gasteiger partial charge in [-0.3, -0.25) is 9.78 Å². The van der Waals surface area contributed by atoms with Crippen molar-refractivity contribution in [2.75, 3.05) is 5.32 Å². The SMILES string of the molecule is O=C(NCc1ccncc1)c1ccc(Nc2ccc(C(F)(F)F)cc2)nc1. The third-order valence-electron chi connectivity index (χ3n) is 3.71. The van der Waals surface area contributed by atoms with Crippen LogP contribution in [-0.4, -0.2) is 15.9 Å². The van der Waals surface area contributed by atoms with Crippen LogP contribution in [0.3, 0.4) is 0 Å². The van der Waals surface area contributed by atoms with Crippen molar-refractivity contribution in [1.29, 1.82) is 0 Å². The molecule has 0 unspecified atom stereocenters. The Morgan fingerprint density at radius 2 is 1.67 bits per heavy atom. The van der Waals surface area contributed by atoms with Gasteiger partial charge >= 0.3 is 6.18 Å². The van der Waals surface area contributed by atoms with Gasteiger partial charge in [-0.2, -0.15) is 13.2 Å². The first-order chi connectivity index (χ1) is 12.9. The maximum Gasteiger partial charge on any atom is 0.416 e. The molecule has 1 aromatic carbocycles. The molecule has 0 saturated heterocycles. The number of carbonyl (C=O) groups excluding carboxylic acids is 1. The van der Waals surface area contributed by atoms with E-state index in [1.165, 1.54) is 18.3 Å². The number of carbonyl (C=O) groups is 1. The van der Waals surface area contributed by atoms with Crippen LogP contribution >= 0.6 is 0 Å². The molecule has 0 bridgehead atoms. The van der Waals surface area contributed by atoms with E-state index >= 15 is 0 Å². The van der Waals surface area contributed by atoms with E-state index in [0.717, 1.165) is 17.7 Å². The van der Waals surface area contributed by atoms with Crippen LogP contribution in [0, 0.1) is 0 Å². The van der Waals surface area contributed by atoms with Crippen LogP contribution in [0.2, 0.25) is 0 Å². The van der Waals surface area contributed by atoms with Crippen molar-refractivity contribution >= 4 is 17.4 Å². The highest BCUT2D eigenvalue weighted by molar-refractivity contribution is 5.94. The zero-order chi connectivity index (χ0) is 19.3. The van der Waals surface area contributed by atoms with E-state index in [1.54, 1.807) is 36.7 Å². The van der Waals surface area contributed by atoms with Gasteiger partial charge in [0.05, 0.1) is 11.1 Å². The largest absolute Gasteiger partial charge is 0.416 e. The van der Waals surface area contributed by atoms with Gasteiger partial charge in [0.1, 0.15) is 5.82 Å². The quantitative estimate of drug-likeness (QED) is 0.706. The summed E-state index contributed by atoms with van der Waals surface area (Å²) in [6.45, 7) is 0.368. The molecule has 0 aliphatic heterocycles. The van der Waals surface area contributed by atoms with Crippen LogP contribution in [0.15, 0.2) is 67.1 Å². The van der Waals surface area contributed by atoms with Crippen LogP contribution in [0.5, 0.6) is 0 Å². The van der Waals surface area contributed by atoms with Gasteiger partial charge in [0.2, 0.25) is 0 Å². The molecule has 3 rings (SSSR count). The van der Waals surface area contributed by atoms with Crippen molar-refractivity contribution in [1.82, 2.24) is 15.3 Å². The Bertz CT molecular complexity index is 895. The molecular formula is C19H15F3N4O. The first-order valence-electron chi connectivity index (χ1n) is 7.99. The van der Waals surface area contributed by atoms with Crippen LogP contribution < -0.4 is 10.6 Å². The lowest BCUT2D eigenvalue weighted by Crippen LogP contribution is -2.22. The predicted octanol–water partition coefficient (Wildman–Crippen LogP) is 4.17. The fourth-order valence-corrected chi connectivity index (χ4v) is 2.28. The summed E-state index contributed by atoms with van der Waals surface area (Å²) in [6, 6.07) is 11.4. The molecule has 0 aliphatic rings. The van der Waals surface area contributed by atoms with E-state index in [1.807, 2.05) is 0 Å². The molecule has 0 radical (unpaired) electrons. The Morgan fingerprint density at radius 3 is 2.26 bits per heavy atom. The Balaban J connectivity index is 1.59. The molecule has 1 amide bonds. The van der Waals surface area contributed by atoms with Gasteiger partial charge in [-0.1, -0.05) is 0 Å². The summed E-state index contributed by atoms with van der Waals surface area (Å²) >= 11 is 0. The van der Waals surface area contributed by atoms with E-state index in [-0.39, 0.29) is 5.91 Å². The highest BCUT2D eigenvalue weighted by Crippen LogP contribution is 2.30. The van der Waals surface area contributed by atoms with Crippen molar-refractivity contribution in [2.24, 2.45) is 0 Å². The van der Waals surface area contributed by atoms with E-state index in [2.05, 4.69) is 20.6 Å². The van der Waals surface area contributed by atoms with Gasteiger partial charge < -0.3 is 10.6 Å². The molecule has 0 saturated carbocycles. The Labute approximate surface area is 153 Å². The summed E-state index contributed by atoms with van der Waals surface area (Å²) < 4.78 is 37.7. The third kappa shape index (κ3) is 5.04. The van der Waals surface area contributed by atoms with E-state index in [9.17, 15) is 18.0 Å². The van der Waals surface area contributed by atoms with Crippen molar-refractivity contribution in [3.8, 4) is 0 Å². The van der Waals surface area contributed by atoms with Crippen molar-refractivity contribution < 1.29 is 18.0 Å². The number of nitrogens with one attached hydrogen (secondary N) is 2. The van der Waals surface area contributed by atoms with Gasteiger partial charge in [-0.25, -0.2) is 4.98 Å². The monoisotopic (exact) mass is 372 g/mol. The summed E-state index contributed by atoms with van der Waals surface area (Å²) in [5.74, 6) is 0.140. The first-order valence-corrected chi connectivity index (χ1v) is 7.99. The molecule has 2 heterocycles. The maximum atomic E-state index is 12.6. The number of nitrogens with zero attached hydrogens (tertiary/aromatic N) is 2. The van der Waals surface area contributed by atoms with E-state index in [4.69, 9.17) is 0 Å². The molecular weight excluding hydrogens is 357 g/mol.